The van der Waals surface area contributed by atoms with Crippen molar-refractivity contribution in [2.24, 2.45) is 5.92 Å². The van der Waals surface area contributed by atoms with E-state index in [0.29, 0.717) is 18.3 Å². The van der Waals surface area contributed by atoms with Crippen molar-refractivity contribution < 1.29 is 9.21 Å². The van der Waals surface area contributed by atoms with E-state index in [4.69, 9.17) is 4.42 Å². The number of hydrogen-bond acceptors (Lipinski definition) is 3. The van der Waals surface area contributed by atoms with Gasteiger partial charge in [0.2, 0.25) is 5.91 Å². The number of carbonyl (C=O) groups excluding carboxylic acids is 1. The van der Waals surface area contributed by atoms with Gasteiger partial charge in [0.05, 0.1) is 12.7 Å². The SMILES string of the molecule is Cc1cc2occ(CC(=O)NCC3CNC3)c2cc1C(C)C. The molecule has 0 unspecified atom stereocenters. The van der Waals surface area contributed by atoms with Crippen LogP contribution in [0.3, 0.4) is 0 Å². The smallest absolute Gasteiger partial charge is 0.224 e. The number of fused-ring (bicyclic) bond motifs is 1. The Hall–Kier alpha value is -1.81. The first kappa shape index (κ1) is 15.1. The number of nitrogens with one attached hydrogen (secondary N) is 2. The predicted octanol–water partition coefficient (Wildman–Crippen LogP) is 2.74. The van der Waals surface area contributed by atoms with Gasteiger partial charge in [0.15, 0.2) is 0 Å². The van der Waals surface area contributed by atoms with Gasteiger partial charge in [-0.15, -0.1) is 0 Å². The number of furan rings is 1. The molecular formula is C18H24N2O2. The molecule has 0 spiro atoms. The molecule has 1 saturated heterocycles. The number of hydrogen-bond donors (Lipinski definition) is 2. The Kier molecular flexibility index (Phi) is 4.21. The maximum absolute atomic E-state index is 12.1. The quantitative estimate of drug-likeness (QED) is 0.892. The molecule has 0 saturated carbocycles. The molecular weight excluding hydrogens is 276 g/mol. The van der Waals surface area contributed by atoms with Crippen LogP contribution in [0.1, 0.15) is 36.5 Å². The summed E-state index contributed by atoms with van der Waals surface area (Å²) >= 11 is 0. The molecule has 2 aromatic rings. The zero-order valence-electron chi connectivity index (χ0n) is 13.5. The highest BCUT2D eigenvalue weighted by molar-refractivity contribution is 5.88. The van der Waals surface area contributed by atoms with Crippen molar-refractivity contribution in [1.82, 2.24) is 10.6 Å². The van der Waals surface area contributed by atoms with Gasteiger partial charge in [0.1, 0.15) is 5.58 Å². The largest absolute Gasteiger partial charge is 0.464 e. The molecule has 22 heavy (non-hydrogen) atoms. The number of amides is 1. The summed E-state index contributed by atoms with van der Waals surface area (Å²) in [5.41, 5.74) is 4.40. The molecule has 2 heterocycles. The molecule has 0 bridgehead atoms. The molecule has 1 aromatic carbocycles. The molecule has 1 aliphatic heterocycles. The molecule has 0 radical (unpaired) electrons. The van der Waals surface area contributed by atoms with Crippen LogP contribution in [0.4, 0.5) is 0 Å². The topological polar surface area (TPSA) is 54.3 Å². The van der Waals surface area contributed by atoms with Crippen molar-refractivity contribution in [3.8, 4) is 0 Å². The molecule has 2 N–H and O–H groups in total. The molecule has 1 amide bonds. The minimum atomic E-state index is 0.0706. The fourth-order valence-electron chi connectivity index (χ4n) is 2.99. The van der Waals surface area contributed by atoms with Crippen molar-refractivity contribution in [3.63, 3.8) is 0 Å². The lowest BCUT2D eigenvalue weighted by Gasteiger charge is -2.27. The summed E-state index contributed by atoms with van der Waals surface area (Å²) in [6, 6.07) is 4.25. The third-order valence-electron chi connectivity index (χ3n) is 4.47. The first-order valence-electron chi connectivity index (χ1n) is 8.02. The summed E-state index contributed by atoms with van der Waals surface area (Å²) in [6.07, 6.45) is 2.10. The molecule has 4 nitrogen and oxygen atoms in total. The Labute approximate surface area is 131 Å². The van der Waals surface area contributed by atoms with Crippen LogP contribution in [0.15, 0.2) is 22.8 Å². The second-order valence-corrected chi connectivity index (χ2v) is 6.63. The van der Waals surface area contributed by atoms with Gasteiger partial charge in [0, 0.05) is 36.5 Å². The average molecular weight is 300 g/mol. The van der Waals surface area contributed by atoms with E-state index >= 15 is 0 Å². The van der Waals surface area contributed by atoms with E-state index in [1.807, 2.05) is 0 Å². The van der Waals surface area contributed by atoms with E-state index in [-0.39, 0.29) is 5.91 Å². The van der Waals surface area contributed by atoms with Crippen molar-refractivity contribution in [1.29, 1.82) is 0 Å². The number of aryl methyl sites for hydroxylation is 1. The van der Waals surface area contributed by atoms with E-state index in [9.17, 15) is 4.79 Å². The normalized spacial score (nSPS) is 15.3. The van der Waals surface area contributed by atoms with Gasteiger partial charge in [-0.3, -0.25) is 4.79 Å². The number of benzene rings is 1. The zero-order chi connectivity index (χ0) is 15.7. The predicted molar refractivity (Wildman–Crippen MR) is 88.1 cm³/mol. The van der Waals surface area contributed by atoms with Gasteiger partial charge in [-0.2, -0.15) is 0 Å². The van der Waals surface area contributed by atoms with Gasteiger partial charge in [0.25, 0.3) is 0 Å². The standard InChI is InChI=1S/C18H24N2O2/c1-11(2)15-6-16-14(10-22-17(16)4-12(15)3)5-18(21)20-9-13-7-19-8-13/h4,6,10-11,13,19H,5,7-9H2,1-3H3,(H,20,21). The van der Waals surface area contributed by atoms with Crippen LogP contribution < -0.4 is 10.6 Å². The van der Waals surface area contributed by atoms with Crippen molar-refractivity contribution in [2.75, 3.05) is 19.6 Å². The van der Waals surface area contributed by atoms with Crippen LogP contribution in [0, 0.1) is 12.8 Å². The highest BCUT2D eigenvalue weighted by Crippen LogP contribution is 2.29. The molecule has 1 aliphatic rings. The highest BCUT2D eigenvalue weighted by atomic mass is 16.3. The van der Waals surface area contributed by atoms with Crippen LogP contribution in [0.25, 0.3) is 11.0 Å². The average Bonchev–Trinajstić information content (AvgIpc) is 2.78. The third kappa shape index (κ3) is 3.02. The van der Waals surface area contributed by atoms with Crippen LogP contribution in [0.5, 0.6) is 0 Å². The van der Waals surface area contributed by atoms with E-state index < -0.39 is 0 Å². The molecule has 4 heteroatoms. The zero-order valence-corrected chi connectivity index (χ0v) is 13.5. The molecule has 1 aromatic heterocycles. The summed E-state index contributed by atoms with van der Waals surface area (Å²) in [5.74, 6) is 1.12. The maximum atomic E-state index is 12.1. The molecule has 1 fully saturated rings. The monoisotopic (exact) mass is 300 g/mol. The van der Waals surface area contributed by atoms with Gasteiger partial charge in [-0.25, -0.2) is 0 Å². The minimum Gasteiger partial charge on any atom is -0.464 e. The Morgan fingerprint density at radius 3 is 2.82 bits per heavy atom. The first-order valence-corrected chi connectivity index (χ1v) is 8.02. The van der Waals surface area contributed by atoms with E-state index in [1.165, 1.54) is 11.1 Å². The van der Waals surface area contributed by atoms with E-state index in [1.54, 1.807) is 6.26 Å². The van der Waals surface area contributed by atoms with Crippen molar-refractivity contribution in [2.45, 2.75) is 33.1 Å². The van der Waals surface area contributed by atoms with Gasteiger partial charge in [-0.05, 0) is 36.1 Å². The fourth-order valence-corrected chi connectivity index (χ4v) is 2.99. The van der Waals surface area contributed by atoms with Crippen LogP contribution in [-0.2, 0) is 11.2 Å². The summed E-state index contributed by atoms with van der Waals surface area (Å²) in [7, 11) is 0. The van der Waals surface area contributed by atoms with Crippen LogP contribution >= 0.6 is 0 Å². The Morgan fingerprint density at radius 2 is 2.18 bits per heavy atom. The molecule has 118 valence electrons. The Morgan fingerprint density at radius 1 is 1.41 bits per heavy atom. The van der Waals surface area contributed by atoms with Crippen LogP contribution in [0.2, 0.25) is 0 Å². The van der Waals surface area contributed by atoms with Gasteiger partial charge >= 0.3 is 0 Å². The summed E-state index contributed by atoms with van der Waals surface area (Å²) in [6.45, 7) is 9.26. The molecule has 0 atom stereocenters. The van der Waals surface area contributed by atoms with Crippen LogP contribution in [-0.4, -0.2) is 25.5 Å². The highest BCUT2D eigenvalue weighted by Gasteiger charge is 2.18. The summed E-state index contributed by atoms with van der Waals surface area (Å²) in [5, 5.41) is 7.29. The first-order chi connectivity index (χ1) is 10.5. The summed E-state index contributed by atoms with van der Waals surface area (Å²) in [4.78, 5) is 12.1. The van der Waals surface area contributed by atoms with Gasteiger partial charge < -0.3 is 15.1 Å². The lowest BCUT2D eigenvalue weighted by molar-refractivity contribution is -0.120. The maximum Gasteiger partial charge on any atom is 0.224 e. The third-order valence-corrected chi connectivity index (χ3v) is 4.47. The molecule has 0 aliphatic carbocycles. The lowest BCUT2D eigenvalue weighted by Crippen LogP contribution is -2.48. The Bertz CT molecular complexity index is 684. The number of rotatable bonds is 5. The second kappa shape index (κ2) is 6.13. The lowest BCUT2D eigenvalue weighted by atomic mass is 9.95. The summed E-state index contributed by atoms with van der Waals surface area (Å²) < 4.78 is 5.63. The van der Waals surface area contributed by atoms with Crippen molar-refractivity contribution in [3.05, 3.63) is 35.1 Å². The van der Waals surface area contributed by atoms with E-state index in [2.05, 4.69) is 43.5 Å². The molecule has 3 rings (SSSR count). The van der Waals surface area contributed by atoms with Crippen molar-refractivity contribution >= 4 is 16.9 Å². The number of carbonyl (C=O) groups is 1. The fraction of sp³-hybridized carbons (Fsp3) is 0.500. The Balaban J connectivity index is 1.75. The minimum absolute atomic E-state index is 0.0706. The second-order valence-electron chi connectivity index (χ2n) is 6.63. The van der Waals surface area contributed by atoms with E-state index in [0.717, 1.165) is 36.2 Å². The van der Waals surface area contributed by atoms with Gasteiger partial charge in [-0.1, -0.05) is 13.8 Å².